The van der Waals surface area contributed by atoms with Gasteiger partial charge in [0.15, 0.2) is 11.5 Å². The standard InChI is InChI=1S/C28H31FN4O3/c1-20(2)19-33-25-17-27(26(16-21(25)18-31-33)35-24-12-10-22(29)11-13-24)36-28(34)30-14-7-15-32(3)23-8-5-4-6-9-23/h4-6,8-13,16-18,20H,7,14-15,19H2,1-3H3,(H,30,34). The molecule has 188 valence electrons. The van der Waals surface area contributed by atoms with Gasteiger partial charge in [-0.15, -0.1) is 0 Å². The molecular formula is C28H31FN4O3. The fraction of sp³-hybridized carbons (Fsp3) is 0.286. The molecule has 0 aliphatic heterocycles. The summed E-state index contributed by atoms with van der Waals surface area (Å²) in [6, 6.07) is 19.3. The van der Waals surface area contributed by atoms with Crippen molar-refractivity contribution in [2.24, 2.45) is 5.92 Å². The topological polar surface area (TPSA) is 68.6 Å². The van der Waals surface area contributed by atoms with E-state index < -0.39 is 6.09 Å². The highest BCUT2D eigenvalue weighted by atomic mass is 19.1. The van der Waals surface area contributed by atoms with Crippen LogP contribution in [0.15, 0.2) is 72.9 Å². The molecule has 7 nitrogen and oxygen atoms in total. The lowest BCUT2D eigenvalue weighted by molar-refractivity contribution is 0.199. The van der Waals surface area contributed by atoms with Crippen molar-refractivity contribution in [3.8, 4) is 17.2 Å². The highest BCUT2D eigenvalue weighted by Crippen LogP contribution is 2.36. The summed E-state index contributed by atoms with van der Waals surface area (Å²) in [6.45, 7) is 6.18. The Morgan fingerprint density at radius 2 is 1.83 bits per heavy atom. The van der Waals surface area contributed by atoms with E-state index in [0.717, 1.165) is 36.1 Å². The van der Waals surface area contributed by atoms with Gasteiger partial charge < -0.3 is 19.7 Å². The summed E-state index contributed by atoms with van der Waals surface area (Å²) in [5.74, 6) is 1.07. The molecule has 0 saturated carbocycles. The Hall–Kier alpha value is -4.07. The van der Waals surface area contributed by atoms with E-state index in [9.17, 15) is 9.18 Å². The van der Waals surface area contributed by atoms with E-state index >= 15 is 0 Å². The van der Waals surface area contributed by atoms with E-state index in [-0.39, 0.29) is 11.6 Å². The number of anilines is 1. The number of hydrogen-bond acceptors (Lipinski definition) is 5. The van der Waals surface area contributed by atoms with Gasteiger partial charge in [-0.2, -0.15) is 5.10 Å². The molecule has 1 N–H and O–H groups in total. The van der Waals surface area contributed by atoms with Crippen molar-refractivity contribution in [1.82, 2.24) is 15.1 Å². The van der Waals surface area contributed by atoms with Gasteiger partial charge in [0.2, 0.25) is 0 Å². The van der Waals surface area contributed by atoms with E-state index in [2.05, 4.69) is 29.2 Å². The summed E-state index contributed by atoms with van der Waals surface area (Å²) in [4.78, 5) is 14.8. The van der Waals surface area contributed by atoms with Gasteiger partial charge in [-0.3, -0.25) is 4.68 Å². The van der Waals surface area contributed by atoms with Crippen LogP contribution in [0.2, 0.25) is 0 Å². The third-order valence-electron chi connectivity index (χ3n) is 5.63. The molecule has 0 saturated heterocycles. The average molecular weight is 491 g/mol. The highest BCUT2D eigenvalue weighted by molar-refractivity contribution is 5.84. The van der Waals surface area contributed by atoms with Crippen molar-refractivity contribution in [3.05, 3.63) is 78.7 Å². The van der Waals surface area contributed by atoms with Crippen LogP contribution in [0.25, 0.3) is 10.9 Å². The first-order valence-corrected chi connectivity index (χ1v) is 12.0. The Morgan fingerprint density at radius 1 is 1.08 bits per heavy atom. The second-order valence-electron chi connectivity index (χ2n) is 9.06. The number of para-hydroxylation sites is 1. The number of nitrogens with zero attached hydrogens (tertiary/aromatic N) is 3. The molecule has 3 aromatic carbocycles. The Bertz CT molecular complexity index is 1290. The fourth-order valence-electron chi connectivity index (χ4n) is 3.82. The van der Waals surface area contributed by atoms with Crippen LogP contribution in [0.3, 0.4) is 0 Å². The smallest absolute Gasteiger partial charge is 0.412 e. The van der Waals surface area contributed by atoms with Crippen molar-refractivity contribution in [2.75, 3.05) is 25.0 Å². The third kappa shape index (κ3) is 6.53. The number of nitrogens with one attached hydrogen (secondary N) is 1. The van der Waals surface area contributed by atoms with E-state index in [1.807, 2.05) is 42.1 Å². The largest absolute Gasteiger partial charge is 0.453 e. The predicted molar refractivity (Wildman–Crippen MR) is 139 cm³/mol. The molecule has 0 unspecified atom stereocenters. The van der Waals surface area contributed by atoms with Crippen LogP contribution in [-0.4, -0.2) is 36.0 Å². The van der Waals surface area contributed by atoms with Crippen molar-refractivity contribution >= 4 is 22.7 Å². The summed E-state index contributed by atoms with van der Waals surface area (Å²) in [6.07, 6.45) is 1.93. The minimum Gasteiger partial charge on any atom is -0.453 e. The van der Waals surface area contributed by atoms with Crippen LogP contribution in [0, 0.1) is 11.7 Å². The Kier molecular flexibility index (Phi) is 8.05. The quantitative estimate of drug-likeness (QED) is 0.267. The van der Waals surface area contributed by atoms with E-state index in [1.165, 1.54) is 24.3 Å². The van der Waals surface area contributed by atoms with Crippen LogP contribution in [-0.2, 0) is 6.54 Å². The minimum absolute atomic E-state index is 0.260. The predicted octanol–water partition coefficient (Wildman–Crippen LogP) is 6.24. The number of hydrogen-bond donors (Lipinski definition) is 1. The van der Waals surface area contributed by atoms with Gasteiger partial charge in [-0.25, -0.2) is 9.18 Å². The first-order chi connectivity index (χ1) is 17.4. The number of amides is 1. The Labute approximate surface area is 210 Å². The molecule has 8 heteroatoms. The summed E-state index contributed by atoms with van der Waals surface area (Å²) >= 11 is 0. The van der Waals surface area contributed by atoms with Crippen LogP contribution < -0.4 is 19.7 Å². The van der Waals surface area contributed by atoms with Gasteiger partial charge in [0.25, 0.3) is 0 Å². The maximum absolute atomic E-state index is 13.3. The summed E-state index contributed by atoms with van der Waals surface area (Å²) in [5.41, 5.74) is 1.96. The molecule has 4 aromatic rings. The number of halogens is 1. The number of rotatable bonds is 10. The van der Waals surface area contributed by atoms with E-state index in [1.54, 1.807) is 18.3 Å². The lowest BCUT2D eigenvalue weighted by Crippen LogP contribution is -2.30. The molecule has 0 fully saturated rings. The molecule has 0 bridgehead atoms. The van der Waals surface area contributed by atoms with Crippen molar-refractivity contribution in [1.29, 1.82) is 0 Å². The maximum Gasteiger partial charge on any atom is 0.412 e. The molecule has 0 aliphatic carbocycles. The van der Waals surface area contributed by atoms with Crippen LogP contribution >= 0.6 is 0 Å². The van der Waals surface area contributed by atoms with Crippen LogP contribution in [0.5, 0.6) is 17.2 Å². The van der Waals surface area contributed by atoms with Crippen molar-refractivity contribution in [3.63, 3.8) is 0 Å². The first-order valence-electron chi connectivity index (χ1n) is 12.0. The molecular weight excluding hydrogens is 459 g/mol. The van der Waals surface area contributed by atoms with Gasteiger partial charge in [-0.1, -0.05) is 32.0 Å². The normalized spacial score (nSPS) is 11.0. The molecule has 1 aromatic heterocycles. The molecule has 36 heavy (non-hydrogen) atoms. The molecule has 0 aliphatic rings. The van der Waals surface area contributed by atoms with Crippen LogP contribution in [0.1, 0.15) is 20.3 Å². The van der Waals surface area contributed by atoms with Crippen LogP contribution in [0.4, 0.5) is 14.9 Å². The fourth-order valence-corrected chi connectivity index (χ4v) is 3.82. The summed E-state index contributed by atoms with van der Waals surface area (Å²) in [7, 11) is 2.02. The molecule has 0 spiro atoms. The zero-order chi connectivity index (χ0) is 25.5. The van der Waals surface area contributed by atoms with Crippen molar-refractivity contribution < 1.29 is 18.7 Å². The lowest BCUT2D eigenvalue weighted by Gasteiger charge is -2.19. The second kappa shape index (κ2) is 11.6. The molecule has 0 atom stereocenters. The van der Waals surface area contributed by atoms with Crippen molar-refractivity contribution in [2.45, 2.75) is 26.8 Å². The van der Waals surface area contributed by atoms with Gasteiger partial charge in [0.05, 0.1) is 11.7 Å². The van der Waals surface area contributed by atoms with E-state index in [4.69, 9.17) is 9.47 Å². The van der Waals surface area contributed by atoms with Gasteiger partial charge >= 0.3 is 6.09 Å². The van der Waals surface area contributed by atoms with Gasteiger partial charge in [0, 0.05) is 43.8 Å². The second-order valence-corrected chi connectivity index (χ2v) is 9.06. The summed E-state index contributed by atoms with van der Waals surface area (Å²) in [5, 5.41) is 8.13. The Balaban J connectivity index is 1.45. The molecule has 0 radical (unpaired) electrons. The highest BCUT2D eigenvalue weighted by Gasteiger charge is 2.16. The number of ether oxygens (including phenoxy) is 2. The number of fused-ring (bicyclic) bond motifs is 1. The zero-order valence-electron chi connectivity index (χ0n) is 20.8. The molecule has 4 rings (SSSR count). The summed E-state index contributed by atoms with van der Waals surface area (Å²) < 4.78 is 26.8. The monoisotopic (exact) mass is 490 g/mol. The van der Waals surface area contributed by atoms with Gasteiger partial charge in [-0.05, 0) is 54.8 Å². The minimum atomic E-state index is -0.574. The SMILES string of the molecule is CC(C)Cn1ncc2cc(Oc3ccc(F)cc3)c(OC(=O)NCCCN(C)c3ccccc3)cc21. The number of carbonyl (C=O) groups excluding carboxylic acids is 1. The van der Waals surface area contributed by atoms with E-state index in [0.29, 0.717) is 24.0 Å². The lowest BCUT2D eigenvalue weighted by atomic mass is 10.2. The molecule has 1 heterocycles. The number of carbonyl (C=O) groups is 1. The third-order valence-corrected chi connectivity index (χ3v) is 5.63. The van der Waals surface area contributed by atoms with Gasteiger partial charge in [0.1, 0.15) is 11.6 Å². The Morgan fingerprint density at radius 3 is 2.56 bits per heavy atom. The zero-order valence-corrected chi connectivity index (χ0v) is 20.8. The number of aromatic nitrogens is 2. The first kappa shape index (κ1) is 25.0. The molecule has 1 amide bonds. The average Bonchev–Trinajstić information content (AvgIpc) is 3.24. The maximum atomic E-state index is 13.3. The number of benzene rings is 3.